The van der Waals surface area contributed by atoms with Gasteiger partial charge in [0.1, 0.15) is 134 Å². The van der Waals surface area contributed by atoms with Crippen molar-refractivity contribution >= 4 is 35.6 Å². The number of ether oxygens (including phenoxy) is 12. The lowest BCUT2D eigenvalue weighted by Gasteiger charge is -2.53. The van der Waals surface area contributed by atoms with E-state index in [1.54, 1.807) is 6.08 Å². The van der Waals surface area contributed by atoms with Gasteiger partial charge in [0.15, 0.2) is 25.2 Å². The first-order valence-corrected chi connectivity index (χ1v) is 45.2. The summed E-state index contributed by atoms with van der Waals surface area (Å²) in [6, 6.07) is -7.14. The van der Waals surface area contributed by atoms with Crippen LogP contribution in [0.4, 0.5) is 0 Å². The summed E-state index contributed by atoms with van der Waals surface area (Å²) in [6.45, 7) is -0.998. The molecule has 0 aliphatic carbocycles. The van der Waals surface area contributed by atoms with Gasteiger partial charge in [0.25, 0.3) is 11.6 Å². The molecule has 0 aromatic heterocycles. The van der Waals surface area contributed by atoms with E-state index in [0.29, 0.717) is 12.8 Å². The fourth-order valence-corrected chi connectivity index (χ4v) is 16.9. The van der Waals surface area contributed by atoms with Crippen molar-refractivity contribution in [3.05, 3.63) is 12.2 Å². The van der Waals surface area contributed by atoms with Gasteiger partial charge in [-0.3, -0.25) is 19.2 Å². The van der Waals surface area contributed by atoms with E-state index in [2.05, 4.69) is 35.1 Å². The van der Waals surface area contributed by atoms with Crippen molar-refractivity contribution in [1.29, 1.82) is 0 Å². The maximum atomic E-state index is 14.4. The lowest BCUT2D eigenvalue weighted by Crippen LogP contribution is -2.73. The number of carboxylic acid groups (broad SMARTS) is 2. The Kier molecular flexibility index (Phi) is 49.4. The van der Waals surface area contributed by atoms with Gasteiger partial charge in [0.05, 0.1) is 82.7 Å². The van der Waals surface area contributed by atoms with Crippen LogP contribution in [0.15, 0.2) is 12.2 Å². The third-order valence-corrected chi connectivity index (χ3v) is 24.1. The number of aliphatic hydroxyl groups excluding tert-OH is 19. The number of amides is 4. The number of allylic oxidation sites excluding steroid dienone is 1. The predicted octanol–water partition coefficient (Wildman–Crippen LogP) is -3.87. The number of hydrogen-bond donors (Lipinski definition) is 25. The van der Waals surface area contributed by atoms with Gasteiger partial charge in [0.2, 0.25) is 23.6 Å². The van der Waals surface area contributed by atoms with Crippen molar-refractivity contribution in [3.63, 3.8) is 0 Å². The zero-order valence-corrected chi connectivity index (χ0v) is 73.5. The second-order valence-corrected chi connectivity index (χ2v) is 34.2. The molecule has 0 spiro atoms. The molecule has 0 saturated carbocycles. The first kappa shape index (κ1) is 111. The molecule has 43 heteroatoms. The predicted molar refractivity (Wildman–Crippen MR) is 440 cm³/mol. The minimum Gasteiger partial charge on any atom is -0.477 e. The molecule has 0 radical (unpaired) electrons. The largest absolute Gasteiger partial charge is 0.477 e. The number of unbranched alkanes of at least 4 members (excludes halogenated alkanes) is 25. The Hall–Kier alpha value is -4.68. The van der Waals surface area contributed by atoms with E-state index in [4.69, 9.17) is 56.8 Å². The maximum absolute atomic E-state index is 14.4. The molecule has 127 heavy (non-hydrogen) atoms. The van der Waals surface area contributed by atoms with Gasteiger partial charge in [-0.05, 0) is 19.3 Å². The van der Waals surface area contributed by atoms with E-state index in [1.807, 2.05) is 0 Å². The van der Waals surface area contributed by atoms with Gasteiger partial charge in [-0.15, -0.1) is 0 Å². The summed E-state index contributed by atoms with van der Waals surface area (Å²) < 4.78 is 72.2. The van der Waals surface area contributed by atoms with E-state index in [-0.39, 0.29) is 6.42 Å². The molecule has 738 valence electrons. The van der Waals surface area contributed by atoms with E-state index in [0.717, 1.165) is 85.0 Å². The zero-order valence-electron chi connectivity index (χ0n) is 73.5. The molecule has 4 amide bonds. The Morgan fingerprint density at radius 2 is 0.835 bits per heavy atom. The van der Waals surface area contributed by atoms with Crippen LogP contribution in [-0.4, -0.2) is 396 Å². The third kappa shape index (κ3) is 32.6. The number of hydrogen-bond acceptors (Lipinski definition) is 37. The quantitative estimate of drug-likeness (QED) is 0.0205. The van der Waals surface area contributed by atoms with Crippen molar-refractivity contribution < 1.29 is 193 Å². The van der Waals surface area contributed by atoms with Gasteiger partial charge in [-0.2, -0.15) is 0 Å². The molecule has 0 aromatic carbocycles. The second-order valence-electron chi connectivity index (χ2n) is 34.2. The molecule has 0 aromatic rings. The molecule has 6 aliphatic heterocycles. The second kappa shape index (κ2) is 56.5. The van der Waals surface area contributed by atoms with Crippen LogP contribution in [0.25, 0.3) is 0 Å². The summed E-state index contributed by atoms with van der Waals surface area (Å²) in [5.74, 6) is -15.0. The summed E-state index contributed by atoms with van der Waals surface area (Å²) >= 11 is 0. The molecule has 6 aliphatic rings. The molecule has 6 rings (SSSR count). The Balaban J connectivity index is 1.33. The number of nitrogens with one attached hydrogen (secondary N) is 4. The van der Waals surface area contributed by atoms with Crippen LogP contribution >= 0.6 is 0 Å². The summed E-state index contributed by atoms with van der Waals surface area (Å²) in [5.41, 5.74) is 0. The van der Waals surface area contributed by atoms with Crippen molar-refractivity contribution in [2.24, 2.45) is 0 Å². The molecule has 6 fully saturated rings. The highest BCUT2D eigenvalue weighted by molar-refractivity contribution is 5.78. The van der Waals surface area contributed by atoms with Crippen LogP contribution < -0.4 is 21.3 Å². The monoisotopic (exact) mass is 1840 g/mol. The van der Waals surface area contributed by atoms with Crippen LogP contribution in [-0.2, 0) is 85.6 Å². The van der Waals surface area contributed by atoms with Crippen molar-refractivity contribution in [2.45, 2.75) is 435 Å². The highest BCUT2D eigenvalue weighted by atomic mass is 16.8. The summed E-state index contributed by atoms with van der Waals surface area (Å²) in [5, 5.41) is 247. The molecule has 0 bridgehead atoms. The number of aliphatic hydroxyl groups is 19. The Morgan fingerprint density at radius 3 is 1.32 bits per heavy atom. The van der Waals surface area contributed by atoms with Crippen LogP contribution in [0.5, 0.6) is 0 Å². The maximum Gasteiger partial charge on any atom is 0.364 e. The molecule has 43 nitrogen and oxygen atoms in total. The first-order valence-electron chi connectivity index (χ1n) is 45.2. The Labute approximate surface area is 740 Å². The molecule has 6 saturated heterocycles. The topological polar surface area (TPSA) is 686 Å². The van der Waals surface area contributed by atoms with E-state index < -0.39 is 302 Å². The van der Waals surface area contributed by atoms with E-state index in [9.17, 15) is 136 Å². The highest BCUT2D eigenvalue weighted by Crippen LogP contribution is 2.43. The molecule has 34 atom stereocenters. The molecular weight excluding hydrogens is 1690 g/mol. The molecule has 6 heterocycles. The summed E-state index contributed by atoms with van der Waals surface area (Å²) in [7, 11) is 0. The minimum atomic E-state index is -3.69. The van der Waals surface area contributed by atoms with Crippen molar-refractivity contribution in [1.82, 2.24) is 21.3 Å². The lowest BCUT2D eigenvalue weighted by molar-refractivity contribution is -0.404. The van der Waals surface area contributed by atoms with Crippen LogP contribution in [0.2, 0.25) is 0 Å². The number of rotatable bonds is 59. The van der Waals surface area contributed by atoms with Crippen molar-refractivity contribution in [2.75, 3.05) is 46.2 Å². The number of aliphatic carboxylic acids is 2. The summed E-state index contributed by atoms with van der Waals surface area (Å²) in [4.78, 5) is 80.3. The zero-order chi connectivity index (χ0) is 93.8. The van der Waals surface area contributed by atoms with Gasteiger partial charge >= 0.3 is 11.9 Å². The fraction of sp³-hybridized carbons (Fsp3) is 0.905. The smallest absolute Gasteiger partial charge is 0.364 e. The number of carbonyl (C=O) groups excluding carboxylic acids is 4. The van der Waals surface area contributed by atoms with Gasteiger partial charge in [-0.25, -0.2) is 9.59 Å². The van der Waals surface area contributed by atoms with E-state index >= 15 is 0 Å². The molecule has 25 N–H and O–H groups in total. The number of carboxylic acids is 2. The Bertz CT molecular complexity index is 3200. The van der Waals surface area contributed by atoms with Gasteiger partial charge in [-0.1, -0.05) is 180 Å². The lowest BCUT2D eigenvalue weighted by atomic mass is 9.87. The molecular formula is C84H148N4O39. The SMILES string of the molecule is CCCCCCCCCCCCC/C=C/[C@@H](O)[C@H](COC1OC(CO)C(OC2OC(CO)C(OC3OC(CO)C(O)C(OC4OC(CO)C(O)C(O)C4O)C3NC(C)=O)C(OC3(C(=O)O)CC(O)C(NC(C)=O)C(C(O)C(CO)OC4(C(=O)O)CC(O)C(NC(C)=O)C(C(O)C(O)CO)O4)O3)C2O)C(O)C1O)NC(=O)CCCCCCCCCCCCCCCCC. The first-order chi connectivity index (χ1) is 60.6. The standard InChI is InChI=1S/C84H148N4O39/c1-6-8-10-12-14-16-18-20-21-23-25-27-29-31-33-35-58(102)88-48(49(98)34-32-30-28-26-24-22-19-17-15-13-11-9-7-2)44-116-78-69(110)67(108)71(56(42-93)119-78)121-80-70(111)76(72(57(43-94)120-80)122-77-61(87-47(5)97)73(64(105)54(40-91)117-77)123-79-68(109)66(107)63(104)53(39-90)118-79)127-84(82(114)115)37-51(100)60(86-46(4)96)75(126-84)65(106)55(41-92)124-83(81(112)113)36-50(99)59(85-45(3)95)74(125-83)62(103)52(101)38-89/h32,34,48-57,59-80,89-94,98-101,103-111H,6-31,33,35-44H2,1-5H3,(H,85,95)(H,86,96)(H,87,97)(H,88,102)(H,112,113)(H,114,115)/b34-32+/t48-,49+,50?,51?,52?,53?,54?,55?,56?,57?,59?,60?,61?,62?,63?,64?,65?,66?,67?,68?,69?,70?,71?,72?,73?,74?,75?,76?,77?,78?,79?,80?,83?,84?/m0/s1. The average Bonchev–Trinajstić information content (AvgIpc) is 0.742. The average molecular weight is 1840 g/mol. The number of carbonyl (C=O) groups is 6. The van der Waals surface area contributed by atoms with Crippen molar-refractivity contribution in [3.8, 4) is 0 Å². The summed E-state index contributed by atoms with van der Waals surface area (Å²) in [6.07, 6.45) is -32.1. The molecule has 32 unspecified atom stereocenters. The van der Waals surface area contributed by atoms with Crippen LogP contribution in [0, 0.1) is 0 Å². The highest BCUT2D eigenvalue weighted by Gasteiger charge is 2.64. The van der Waals surface area contributed by atoms with Gasteiger partial charge in [0, 0.05) is 40.0 Å². The minimum absolute atomic E-state index is 0.0856. The van der Waals surface area contributed by atoms with Crippen LogP contribution in [0.3, 0.4) is 0 Å². The van der Waals surface area contributed by atoms with Gasteiger partial charge < -0.3 is 185 Å². The van der Waals surface area contributed by atoms with E-state index in [1.165, 1.54) is 102 Å². The Morgan fingerprint density at radius 1 is 0.425 bits per heavy atom. The fourth-order valence-electron chi connectivity index (χ4n) is 16.9. The van der Waals surface area contributed by atoms with Crippen LogP contribution in [0.1, 0.15) is 227 Å². The third-order valence-electron chi connectivity index (χ3n) is 24.1. The normalized spacial score (nSPS) is 35.1.